The lowest BCUT2D eigenvalue weighted by Gasteiger charge is -2.35. The molecule has 0 saturated carbocycles. The number of nitrogens with zero attached hydrogens (tertiary/aromatic N) is 1. The standard InChI is InChI=1S/C20H26N2O5/c1-19(8-4-11-26-19)17(23)21-14-6-3-7-15-16(14)25-13-10-22(15)18(24)20(2)9-5-12-27-20/h3,6-7H,4-5,8-13H2,1-2H3,(H,21,23). The summed E-state index contributed by atoms with van der Waals surface area (Å²) < 4.78 is 17.2. The molecule has 2 fully saturated rings. The number of anilines is 2. The molecular weight excluding hydrogens is 348 g/mol. The van der Waals surface area contributed by atoms with Crippen LogP contribution in [0.3, 0.4) is 0 Å². The van der Waals surface area contributed by atoms with Gasteiger partial charge in [0, 0.05) is 13.2 Å². The molecule has 27 heavy (non-hydrogen) atoms. The van der Waals surface area contributed by atoms with Crippen LogP contribution < -0.4 is 15.0 Å². The summed E-state index contributed by atoms with van der Waals surface area (Å²) in [5.41, 5.74) is -0.389. The lowest BCUT2D eigenvalue weighted by molar-refractivity contribution is -0.136. The van der Waals surface area contributed by atoms with Crippen molar-refractivity contribution in [1.82, 2.24) is 0 Å². The zero-order chi connectivity index (χ0) is 19.1. The number of nitrogens with one attached hydrogen (secondary N) is 1. The van der Waals surface area contributed by atoms with Gasteiger partial charge in [-0.1, -0.05) is 6.07 Å². The SMILES string of the molecule is CC1(C(=O)Nc2cccc3c2OCCN3C(=O)C2(C)CCCO2)CCCO1. The quantitative estimate of drug-likeness (QED) is 0.880. The minimum absolute atomic E-state index is 0.0564. The van der Waals surface area contributed by atoms with Gasteiger partial charge in [-0.3, -0.25) is 9.59 Å². The summed E-state index contributed by atoms with van der Waals surface area (Å²) in [6.07, 6.45) is 3.15. The fourth-order valence-corrected chi connectivity index (χ4v) is 4.00. The number of ether oxygens (including phenoxy) is 3. The number of carbonyl (C=O) groups is 2. The second-order valence-electron chi connectivity index (χ2n) is 7.78. The maximum atomic E-state index is 13.1. The van der Waals surface area contributed by atoms with Crippen molar-refractivity contribution in [2.45, 2.75) is 50.7 Å². The molecule has 1 N–H and O–H groups in total. The van der Waals surface area contributed by atoms with Crippen LogP contribution in [0.2, 0.25) is 0 Å². The minimum Gasteiger partial charge on any atom is -0.487 e. The first-order valence-electron chi connectivity index (χ1n) is 9.60. The summed E-state index contributed by atoms with van der Waals surface area (Å²) in [7, 11) is 0. The van der Waals surface area contributed by atoms with Crippen LogP contribution >= 0.6 is 0 Å². The molecular formula is C20H26N2O5. The van der Waals surface area contributed by atoms with Gasteiger partial charge >= 0.3 is 0 Å². The van der Waals surface area contributed by atoms with Gasteiger partial charge < -0.3 is 24.4 Å². The van der Waals surface area contributed by atoms with E-state index in [9.17, 15) is 9.59 Å². The van der Waals surface area contributed by atoms with Gasteiger partial charge in [0.25, 0.3) is 11.8 Å². The third-order valence-electron chi connectivity index (χ3n) is 5.71. The first kappa shape index (κ1) is 18.3. The highest BCUT2D eigenvalue weighted by Gasteiger charge is 2.43. The highest BCUT2D eigenvalue weighted by Crippen LogP contribution is 2.41. The van der Waals surface area contributed by atoms with E-state index in [1.807, 2.05) is 19.1 Å². The van der Waals surface area contributed by atoms with Crippen molar-refractivity contribution in [2.24, 2.45) is 0 Å². The normalized spacial score (nSPS) is 29.9. The van der Waals surface area contributed by atoms with E-state index in [1.165, 1.54) is 0 Å². The summed E-state index contributed by atoms with van der Waals surface area (Å²) in [6.45, 7) is 5.68. The van der Waals surface area contributed by atoms with Gasteiger partial charge in [0.1, 0.15) is 17.8 Å². The van der Waals surface area contributed by atoms with E-state index in [4.69, 9.17) is 14.2 Å². The second-order valence-corrected chi connectivity index (χ2v) is 7.78. The van der Waals surface area contributed by atoms with Crippen LogP contribution in [0.5, 0.6) is 5.75 Å². The van der Waals surface area contributed by atoms with Crippen molar-refractivity contribution in [3.05, 3.63) is 18.2 Å². The van der Waals surface area contributed by atoms with Gasteiger partial charge in [0.05, 0.1) is 17.9 Å². The maximum absolute atomic E-state index is 13.1. The molecule has 0 spiro atoms. The average molecular weight is 374 g/mol. The predicted octanol–water partition coefficient (Wildman–Crippen LogP) is 2.49. The molecule has 2 unspecified atom stereocenters. The van der Waals surface area contributed by atoms with Crippen molar-refractivity contribution in [3.8, 4) is 5.75 Å². The molecule has 4 rings (SSSR count). The Morgan fingerprint density at radius 2 is 1.74 bits per heavy atom. The molecule has 3 heterocycles. The molecule has 3 aliphatic rings. The Morgan fingerprint density at radius 3 is 2.41 bits per heavy atom. The van der Waals surface area contributed by atoms with E-state index in [1.54, 1.807) is 17.9 Å². The van der Waals surface area contributed by atoms with Crippen LogP contribution in [0.4, 0.5) is 11.4 Å². The predicted molar refractivity (Wildman–Crippen MR) is 100 cm³/mol. The van der Waals surface area contributed by atoms with E-state index in [0.29, 0.717) is 56.3 Å². The van der Waals surface area contributed by atoms with Gasteiger partial charge in [-0.15, -0.1) is 0 Å². The summed E-state index contributed by atoms with van der Waals surface area (Å²) in [4.78, 5) is 27.5. The fraction of sp³-hybridized carbons (Fsp3) is 0.600. The van der Waals surface area contributed by atoms with Crippen LogP contribution in [0.25, 0.3) is 0 Å². The number of carbonyl (C=O) groups excluding carboxylic acids is 2. The Kier molecular flexibility index (Phi) is 4.60. The highest BCUT2D eigenvalue weighted by molar-refractivity contribution is 6.04. The molecule has 1 aromatic carbocycles. The molecule has 0 aromatic heterocycles. The zero-order valence-corrected chi connectivity index (χ0v) is 15.9. The van der Waals surface area contributed by atoms with Crippen LogP contribution in [0.15, 0.2) is 18.2 Å². The number of hydrogen-bond donors (Lipinski definition) is 1. The lowest BCUT2D eigenvalue weighted by Crippen LogP contribution is -2.49. The van der Waals surface area contributed by atoms with E-state index in [0.717, 1.165) is 12.8 Å². The first-order chi connectivity index (χ1) is 12.9. The Bertz CT molecular complexity index is 751. The van der Waals surface area contributed by atoms with Gasteiger partial charge in [-0.2, -0.15) is 0 Å². The van der Waals surface area contributed by atoms with Crippen LogP contribution in [-0.2, 0) is 19.1 Å². The van der Waals surface area contributed by atoms with Gasteiger partial charge in [0.15, 0.2) is 5.75 Å². The summed E-state index contributed by atoms with van der Waals surface area (Å²) >= 11 is 0. The topological polar surface area (TPSA) is 77.1 Å². The Hall–Kier alpha value is -2.12. The van der Waals surface area contributed by atoms with Gasteiger partial charge in [-0.05, 0) is 51.7 Å². The van der Waals surface area contributed by atoms with Gasteiger partial charge in [-0.25, -0.2) is 0 Å². The Balaban J connectivity index is 1.60. The van der Waals surface area contributed by atoms with Crippen molar-refractivity contribution in [1.29, 1.82) is 0 Å². The van der Waals surface area contributed by atoms with Crippen LogP contribution in [0.1, 0.15) is 39.5 Å². The van der Waals surface area contributed by atoms with Crippen molar-refractivity contribution in [2.75, 3.05) is 36.6 Å². The molecule has 2 saturated heterocycles. The third-order valence-corrected chi connectivity index (χ3v) is 5.71. The average Bonchev–Trinajstić information content (AvgIpc) is 3.31. The van der Waals surface area contributed by atoms with Crippen LogP contribution in [-0.4, -0.2) is 49.4 Å². The summed E-state index contributed by atoms with van der Waals surface area (Å²) in [5.74, 6) is 0.277. The fourth-order valence-electron chi connectivity index (χ4n) is 4.00. The van der Waals surface area contributed by atoms with Gasteiger partial charge in [0.2, 0.25) is 0 Å². The monoisotopic (exact) mass is 374 g/mol. The largest absolute Gasteiger partial charge is 0.487 e. The van der Waals surface area contributed by atoms with E-state index in [2.05, 4.69) is 5.32 Å². The van der Waals surface area contributed by atoms with Crippen molar-refractivity contribution in [3.63, 3.8) is 0 Å². The maximum Gasteiger partial charge on any atom is 0.259 e. The number of fused-ring (bicyclic) bond motifs is 1. The molecule has 0 radical (unpaired) electrons. The zero-order valence-electron chi connectivity index (χ0n) is 15.9. The first-order valence-corrected chi connectivity index (χ1v) is 9.60. The molecule has 2 atom stereocenters. The molecule has 0 aliphatic carbocycles. The van der Waals surface area contributed by atoms with E-state index >= 15 is 0 Å². The summed E-state index contributed by atoms with van der Waals surface area (Å²) in [5, 5.41) is 2.93. The second kappa shape index (κ2) is 6.80. The summed E-state index contributed by atoms with van der Waals surface area (Å²) in [6, 6.07) is 5.45. The number of amides is 2. The number of hydrogen-bond acceptors (Lipinski definition) is 5. The van der Waals surface area contributed by atoms with Crippen molar-refractivity contribution >= 4 is 23.2 Å². The Morgan fingerprint density at radius 1 is 1.04 bits per heavy atom. The van der Waals surface area contributed by atoms with Crippen molar-refractivity contribution < 1.29 is 23.8 Å². The molecule has 146 valence electrons. The van der Waals surface area contributed by atoms with E-state index < -0.39 is 11.2 Å². The van der Waals surface area contributed by atoms with Crippen LogP contribution in [0, 0.1) is 0 Å². The van der Waals surface area contributed by atoms with E-state index in [-0.39, 0.29) is 11.8 Å². The molecule has 7 heteroatoms. The molecule has 3 aliphatic heterocycles. The smallest absolute Gasteiger partial charge is 0.259 e. The number of benzene rings is 1. The lowest BCUT2D eigenvalue weighted by atomic mass is 10.00. The highest BCUT2D eigenvalue weighted by atomic mass is 16.5. The molecule has 7 nitrogen and oxygen atoms in total. The molecule has 1 aromatic rings. The third kappa shape index (κ3) is 3.19. The molecule has 2 amide bonds. The number of rotatable bonds is 3. The molecule has 0 bridgehead atoms. The minimum atomic E-state index is -0.821. The number of para-hydroxylation sites is 1. The Labute approximate surface area is 158 Å².